The van der Waals surface area contributed by atoms with Crippen LogP contribution in [0.15, 0.2) is 54.6 Å². The summed E-state index contributed by atoms with van der Waals surface area (Å²) in [6, 6.07) is 19.3. The van der Waals surface area contributed by atoms with Crippen molar-refractivity contribution in [2.24, 2.45) is 0 Å². The van der Waals surface area contributed by atoms with E-state index in [1.54, 1.807) is 0 Å². The van der Waals surface area contributed by atoms with E-state index in [9.17, 15) is 0 Å². The second-order valence-corrected chi connectivity index (χ2v) is 5.61. The molecule has 1 unspecified atom stereocenters. The maximum atomic E-state index is 6.07. The summed E-state index contributed by atoms with van der Waals surface area (Å²) in [7, 11) is 0. The Morgan fingerprint density at radius 2 is 1.65 bits per heavy atom. The molecule has 2 aromatic rings. The zero-order valence-corrected chi connectivity index (χ0v) is 12.7. The standard InChI is InChI=1S/C18H22ClN/c1-2-11-20-18(13-15-7-4-3-5-8-15)14-16-9-6-10-17(19)12-16/h3-10,12,18,20H,2,11,13-14H2,1H3. The molecule has 0 bridgehead atoms. The summed E-state index contributed by atoms with van der Waals surface area (Å²) >= 11 is 6.07. The third-order valence-electron chi connectivity index (χ3n) is 3.38. The van der Waals surface area contributed by atoms with Crippen molar-refractivity contribution in [2.45, 2.75) is 32.2 Å². The van der Waals surface area contributed by atoms with Gasteiger partial charge in [0.2, 0.25) is 0 Å². The van der Waals surface area contributed by atoms with Gasteiger partial charge in [-0.3, -0.25) is 0 Å². The predicted octanol–water partition coefficient (Wildman–Crippen LogP) is 4.49. The van der Waals surface area contributed by atoms with Crippen molar-refractivity contribution in [3.63, 3.8) is 0 Å². The molecule has 2 rings (SSSR count). The van der Waals surface area contributed by atoms with E-state index in [0.717, 1.165) is 30.8 Å². The van der Waals surface area contributed by atoms with Crippen LogP contribution >= 0.6 is 11.6 Å². The average molecular weight is 288 g/mol. The molecule has 0 aliphatic carbocycles. The number of hydrogen-bond acceptors (Lipinski definition) is 1. The van der Waals surface area contributed by atoms with Gasteiger partial charge in [0.05, 0.1) is 0 Å². The van der Waals surface area contributed by atoms with E-state index in [-0.39, 0.29) is 0 Å². The van der Waals surface area contributed by atoms with Crippen LogP contribution in [0, 0.1) is 0 Å². The Hall–Kier alpha value is -1.31. The maximum absolute atomic E-state index is 6.07. The molecule has 0 aromatic heterocycles. The largest absolute Gasteiger partial charge is 0.313 e. The van der Waals surface area contributed by atoms with Gasteiger partial charge in [-0.05, 0) is 49.1 Å². The van der Waals surface area contributed by atoms with Crippen LogP contribution in [0.1, 0.15) is 24.5 Å². The summed E-state index contributed by atoms with van der Waals surface area (Å²) in [6.07, 6.45) is 3.21. The van der Waals surface area contributed by atoms with Gasteiger partial charge in [0.25, 0.3) is 0 Å². The van der Waals surface area contributed by atoms with Crippen LogP contribution in [0.25, 0.3) is 0 Å². The van der Waals surface area contributed by atoms with Gasteiger partial charge in [0, 0.05) is 11.1 Å². The van der Waals surface area contributed by atoms with E-state index in [1.165, 1.54) is 11.1 Å². The van der Waals surface area contributed by atoms with Gasteiger partial charge in [-0.25, -0.2) is 0 Å². The average Bonchev–Trinajstić information content (AvgIpc) is 2.46. The quantitative estimate of drug-likeness (QED) is 0.791. The number of halogens is 1. The highest BCUT2D eigenvalue weighted by atomic mass is 35.5. The fourth-order valence-electron chi connectivity index (χ4n) is 2.41. The molecule has 20 heavy (non-hydrogen) atoms. The van der Waals surface area contributed by atoms with E-state index in [1.807, 2.05) is 12.1 Å². The van der Waals surface area contributed by atoms with Gasteiger partial charge < -0.3 is 5.32 Å². The van der Waals surface area contributed by atoms with Crippen molar-refractivity contribution < 1.29 is 0 Å². The number of hydrogen-bond donors (Lipinski definition) is 1. The first kappa shape index (κ1) is 15.1. The van der Waals surface area contributed by atoms with Crippen LogP contribution in [-0.2, 0) is 12.8 Å². The molecule has 0 amide bonds. The van der Waals surface area contributed by atoms with Gasteiger partial charge in [0.1, 0.15) is 0 Å². The molecular formula is C18H22ClN. The van der Waals surface area contributed by atoms with Crippen molar-refractivity contribution in [1.29, 1.82) is 0 Å². The van der Waals surface area contributed by atoms with Crippen molar-refractivity contribution in [1.82, 2.24) is 5.32 Å². The fraction of sp³-hybridized carbons (Fsp3) is 0.333. The predicted molar refractivity (Wildman–Crippen MR) is 87.4 cm³/mol. The van der Waals surface area contributed by atoms with Crippen molar-refractivity contribution in [3.8, 4) is 0 Å². The molecule has 2 heteroatoms. The topological polar surface area (TPSA) is 12.0 Å². The normalized spacial score (nSPS) is 12.3. The molecule has 0 spiro atoms. The molecule has 106 valence electrons. The molecule has 0 radical (unpaired) electrons. The zero-order valence-electron chi connectivity index (χ0n) is 12.0. The lowest BCUT2D eigenvalue weighted by molar-refractivity contribution is 0.505. The van der Waals surface area contributed by atoms with E-state index in [4.69, 9.17) is 11.6 Å². The highest BCUT2D eigenvalue weighted by molar-refractivity contribution is 6.30. The van der Waals surface area contributed by atoms with Crippen LogP contribution in [0.5, 0.6) is 0 Å². The lowest BCUT2D eigenvalue weighted by Crippen LogP contribution is -2.33. The molecule has 0 saturated heterocycles. The highest BCUT2D eigenvalue weighted by Crippen LogP contribution is 2.14. The lowest BCUT2D eigenvalue weighted by Gasteiger charge is -2.19. The van der Waals surface area contributed by atoms with E-state index >= 15 is 0 Å². The first-order valence-corrected chi connectivity index (χ1v) is 7.67. The van der Waals surface area contributed by atoms with Gasteiger partial charge in [-0.2, -0.15) is 0 Å². The number of nitrogens with one attached hydrogen (secondary N) is 1. The van der Waals surface area contributed by atoms with Crippen LogP contribution in [-0.4, -0.2) is 12.6 Å². The Kier molecular flexibility index (Phi) is 6.10. The lowest BCUT2D eigenvalue weighted by atomic mass is 9.99. The van der Waals surface area contributed by atoms with Crippen LogP contribution in [0.4, 0.5) is 0 Å². The Labute approximate surface area is 127 Å². The second kappa shape index (κ2) is 8.08. The monoisotopic (exact) mass is 287 g/mol. The maximum Gasteiger partial charge on any atom is 0.0408 e. The van der Waals surface area contributed by atoms with Crippen molar-refractivity contribution in [2.75, 3.05) is 6.54 Å². The molecule has 1 N–H and O–H groups in total. The zero-order chi connectivity index (χ0) is 14.2. The first-order valence-electron chi connectivity index (χ1n) is 7.29. The molecule has 0 heterocycles. The fourth-order valence-corrected chi connectivity index (χ4v) is 2.62. The molecule has 0 aliphatic heterocycles. The third kappa shape index (κ3) is 4.99. The third-order valence-corrected chi connectivity index (χ3v) is 3.61. The number of benzene rings is 2. The minimum absolute atomic E-state index is 0.454. The summed E-state index contributed by atoms with van der Waals surface area (Å²) in [5.41, 5.74) is 2.67. The Bertz CT molecular complexity index is 510. The molecule has 1 nitrogen and oxygen atoms in total. The van der Waals surface area contributed by atoms with Crippen LogP contribution in [0.3, 0.4) is 0 Å². The minimum Gasteiger partial charge on any atom is -0.313 e. The van der Waals surface area contributed by atoms with Gasteiger partial charge >= 0.3 is 0 Å². The highest BCUT2D eigenvalue weighted by Gasteiger charge is 2.10. The van der Waals surface area contributed by atoms with E-state index < -0.39 is 0 Å². The molecule has 1 atom stereocenters. The van der Waals surface area contributed by atoms with Gasteiger partial charge in [0.15, 0.2) is 0 Å². The minimum atomic E-state index is 0.454. The molecule has 0 saturated carbocycles. The Morgan fingerprint density at radius 1 is 0.950 bits per heavy atom. The van der Waals surface area contributed by atoms with E-state index in [0.29, 0.717) is 6.04 Å². The summed E-state index contributed by atoms with van der Waals surface area (Å²) in [5.74, 6) is 0. The van der Waals surface area contributed by atoms with Gasteiger partial charge in [-0.1, -0.05) is 61.0 Å². The Morgan fingerprint density at radius 3 is 2.35 bits per heavy atom. The Balaban J connectivity index is 2.03. The second-order valence-electron chi connectivity index (χ2n) is 5.17. The summed E-state index contributed by atoms with van der Waals surface area (Å²) in [6.45, 7) is 3.25. The van der Waals surface area contributed by atoms with Crippen LogP contribution in [0.2, 0.25) is 5.02 Å². The summed E-state index contributed by atoms with van der Waals surface area (Å²) in [5, 5.41) is 4.46. The molecule has 2 aromatic carbocycles. The summed E-state index contributed by atoms with van der Waals surface area (Å²) in [4.78, 5) is 0. The first-order chi connectivity index (χ1) is 9.78. The smallest absolute Gasteiger partial charge is 0.0408 e. The molecule has 0 fully saturated rings. The summed E-state index contributed by atoms with van der Waals surface area (Å²) < 4.78 is 0. The molecular weight excluding hydrogens is 266 g/mol. The van der Waals surface area contributed by atoms with Crippen molar-refractivity contribution >= 4 is 11.6 Å². The van der Waals surface area contributed by atoms with Crippen LogP contribution < -0.4 is 5.32 Å². The van der Waals surface area contributed by atoms with E-state index in [2.05, 4.69) is 54.7 Å². The SMILES string of the molecule is CCCNC(Cc1ccccc1)Cc1cccc(Cl)c1. The number of rotatable bonds is 7. The van der Waals surface area contributed by atoms with Crippen molar-refractivity contribution in [3.05, 3.63) is 70.7 Å². The molecule has 0 aliphatic rings. The van der Waals surface area contributed by atoms with Gasteiger partial charge in [-0.15, -0.1) is 0 Å².